The summed E-state index contributed by atoms with van der Waals surface area (Å²) in [5.74, 6) is 0. The van der Waals surface area contributed by atoms with E-state index in [1.165, 1.54) is 13.8 Å². The summed E-state index contributed by atoms with van der Waals surface area (Å²) in [7, 11) is 0. The molecule has 0 aromatic carbocycles. The van der Waals surface area contributed by atoms with Crippen LogP contribution in [0.25, 0.3) is 0 Å². The lowest BCUT2D eigenvalue weighted by Gasteiger charge is -2.51. The zero-order chi connectivity index (χ0) is 80.0. The zero-order valence-electron chi connectivity index (χ0n) is 57.7. The molecule has 10 heterocycles. The maximum atomic E-state index is 12.3. The molecule has 0 aromatic rings. The van der Waals surface area contributed by atoms with Crippen LogP contribution in [0.3, 0.4) is 0 Å². The molecule has 0 amide bonds. The van der Waals surface area contributed by atoms with Gasteiger partial charge < -0.3 is 243 Å². The van der Waals surface area contributed by atoms with Crippen molar-refractivity contribution < 1.29 is 243 Å². The highest BCUT2D eigenvalue weighted by Crippen LogP contribution is 2.41. The van der Waals surface area contributed by atoms with Crippen LogP contribution in [0.1, 0.15) is 13.8 Å². The normalized spacial score (nSPS) is 54.5. The number of aliphatic hydroxyl groups is 30. The van der Waals surface area contributed by atoms with Gasteiger partial charge in [0.05, 0.1) is 65.1 Å². The monoisotopic (exact) mass is 1610 g/mol. The lowest BCUT2D eigenvalue weighted by Crippen LogP contribution is -2.69. The van der Waals surface area contributed by atoms with E-state index in [0.717, 1.165) is 0 Å². The zero-order valence-corrected chi connectivity index (χ0v) is 57.7. The van der Waals surface area contributed by atoms with Crippen LogP contribution in [0, 0.1) is 0 Å². The average Bonchev–Trinajstić information content (AvgIpc) is 0.763. The predicted molar refractivity (Wildman–Crippen MR) is 327 cm³/mol. The van der Waals surface area contributed by atoms with Crippen LogP contribution in [0.15, 0.2) is 0 Å². The molecule has 49 heteroatoms. The van der Waals surface area contributed by atoms with Crippen molar-refractivity contribution in [3.63, 3.8) is 0 Å². The van der Waals surface area contributed by atoms with Crippen molar-refractivity contribution in [1.29, 1.82) is 0 Å². The van der Waals surface area contributed by atoms with E-state index < -0.39 is 360 Å². The standard InChI is InChI=1S/C60H102O49/c1-11-21(69)42(37(85)54(91-11)103-44-26(74)16(6-64)93-51(90)36(44)84)101-57-41(89)47(29(77)19(9-67)97-57)106-60-50(109-53-35(83)32(80)24(72)14(4-62)95-53)48(30(78)20(10-68)100-60)107-58-39(87)45(27(75)17(7-65)98-58)104-55-38(86)43(22(70)12(2)92-55)102-56-40(88)46(28(76)18(8-66)96-56)105-59-49(33(81)25(73)15(5-63)99-59)108-52-34(82)31(79)23(71)13(3-61)94-52/h11-90H,3-10H2,1-2H3. The van der Waals surface area contributed by atoms with E-state index >= 15 is 0 Å². The minimum absolute atomic E-state index is 0.901. The van der Waals surface area contributed by atoms with E-state index in [2.05, 4.69) is 0 Å². The van der Waals surface area contributed by atoms with Gasteiger partial charge in [-0.05, 0) is 13.8 Å². The van der Waals surface area contributed by atoms with E-state index in [0.29, 0.717) is 0 Å². The summed E-state index contributed by atoms with van der Waals surface area (Å²) in [4.78, 5) is 0. The molecule has 10 aliphatic heterocycles. The van der Waals surface area contributed by atoms with Gasteiger partial charge >= 0.3 is 0 Å². The molecular formula is C60H102O49. The van der Waals surface area contributed by atoms with E-state index in [1.807, 2.05) is 0 Å². The van der Waals surface area contributed by atoms with Crippen molar-refractivity contribution in [2.24, 2.45) is 0 Å². The van der Waals surface area contributed by atoms with Crippen molar-refractivity contribution in [2.45, 2.75) is 321 Å². The largest absolute Gasteiger partial charge is 0.394 e. The summed E-state index contributed by atoms with van der Waals surface area (Å²) in [6.07, 6.45) is -105. The van der Waals surface area contributed by atoms with Crippen LogP contribution < -0.4 is 0 Å². The first-order valence-corrected chi connectivity index (χ1v) is 34.9. The fourth-order valence-electron chi connectivity index (χ4n) is 14.3. The SMILES string of the molecule is CC1OC(OC2C(O)C(CO)OC(OC3C(O)C(CO)OC(OC4C(O)C(CO)OC(OC5C(O)C(C)OC(OC6C(O)C(O)OC(CO)C6O)C5O)C4O)C3OC3OC(CO)C(O)C(O)C3O)C2O)C(O)C(OC2OC(CO)C(O)C(OC3OC(CO)C(O)C(O)C3OC3OC(CO)C(O)C(O)C3O)C2O)C1O. The summed E-state index contributed by atoms with van der Waals surface area (Å²) < 4.78 is 109. The maximum Gasteiger partial charge on any atom is 0.187 e. The molecule has 109 heavy (non-hydrogen) atoms. The fraction of sp³-hybridized carbons (Fsp3) is 1.00. The lowest BCUT2D eigenvalue weighted by atomic mass is 9.94. The Kier molecular flexibility index (Phi) is 31.3. The first-order valence-electron chi connectivity index (χ1n) is 34.9. The predicted octanol–water partition coefficient (Wildman–Crippen LogP) is -20.7. The van der Waals surface area contributed by atoms with Crippen molar-refractivity contribution in [1.82, 2.24) is 0 Å². The van der Waals surface area contributed by atoms with Gasteiger partial charge in [-0.3, -0.25) is 0 Å². The number of hydrogen-bond acceptors (Lipinski definition) is 49. The van der Waals surface area contributed by atoms with Gasteiger partial charge in [-0.25, -0.2) is 0 Å². The van der Waals surface area contributed by atoms with E-state index in [9.17, 15) is 153 Å². The molecule has 10 aliphatic rings. The van der Waals surface area contributed by atoms with Gasteiger partial charge in [0.15, 0.2) is 62.9 Å². The minimum Gasteiger partial charge on any atom is -0.394 e. The van der Waals surface area contributed by atoms with Gasteiger partial charge in [0, 0.05) is 0 Å². The van der Waals surface area contributed by atoms with Crippen LogP contribution in [-0.2, 0) is 90.0 Å². The Hall–Kier alpha value is -1.96. The first-order chi connectivity index (χ1) is 51.6. The van der Waals surface area contributed by atoms with Gasteiger partial charge in [-0.15, -0.1) is 0 Å². The molecular weight excluding hydrogens is 1500 g/mol. The third-order valence-corrected chi connectivity index (χ3v) is 20.8. The molecule has 0 spiro atoms. The molecule has 50 atom stereocenters. The van der Waals surface area contributed by atoms with Crippen LogP contribution in [0.4, 0.5) is 0 Å². The highest BCUT2D eigenvalue weighted by molar-refractivity contribution is 5.04. The van der Waals surface area contributed by atoms with Crippen molar-refractivity contribution >= 4 is 0 Å². The molecule has 0 radical (unpaired) electrons. The van der Waals surface area contributed by atoms with Gasteiger partial charge in [0.1, 0.15) is 232 Å². The fourth-order valence-corrected chi connectivity index (χ4v) is 14.3. The molecule has 636 valence electrons. The summed E-state index contributed by atoms with van der Waals surface area (Å²) in [5, 5.41) is 331. The van der Waals surface area contributed by atoms with Crippen LogP contribution in [0.2, 0.25) is 0 Å². The van der Waals surface area contributed by atoms with Gasteiger partial charge in [-0.2, -0.15) is 0 Å². The summed E-state index contributed by atoms with van der Waals surface area (Å²) in [5.41, 5.74) is 0. The van der Waals surface area contributed by atoms with Gasteiger partial charge in [0.25, 0.3) is 0 Å². The Morgan fingerprint density at radius 3 is 0.688 bits per heavy atom. The second-order valence-electron chi connectivity index (χ2n) is 28.0. The Balaban J connectivity index is 0.892. The molecule has 0 saturated carbocycles. The first kappa shape index (κ1) is 89.4. The summed E-state index contributed by atoms with van der Waals surface area (Å²) in [6.45, 7) is -6.31. The Bertz CT molecular complexity index is 2750. The van der Waals surface area contributed by atoms with Crippen LogP contribution in [-0.4, -0.2) is 513 Å². The topological polar surface area (TPSA) is 782 Å². The highest BCUT2D eigenvalue weighted by Gasteiger charge is 2.62. The Morgan fingerprint density at radius 2 is 0.367 bits per heavy atom. The third kappa shape index (κ3) is 18.4. The highest BCUT2D eigenvalue weighted by atomic mass is 16.8. The number of ether oxygens (including phenoxy) is 19. The maximum absolute atomic E-state index is 12.3. The Labute approximate surface area is 615 Å². The molecule has 50 unspecified atom stereocenters. The van der Waals surface area contributed by atoms with Crippen LogP contribution in [0.5, 0.6) is 0 Å². The molecule has 10 fully saturated rings. The van der Waals surface area contributed by atoms with Crippen LogP contribution >= 0.6 is 0 Å². The number of rotatable bonds is 26. The van der Waals surface area contributed by atoms with E-state index in [-0.39, 0.29) is 0 Å². The molecule has 0 bridgehead atoms. The molecule has 49 nitrogen and oxygen atoms in total. The van der Waals surface area contributed by atoms with Gasteiger partial charge in [0.2, 0.25) is 0 Å². The summed E-state index contributed by atoms with van der Waals surface area (Å²) >= 11 is 0. The second kappa shape index (κ2) is 38.2. The molecule has 10 saturated heterocycles. The van der Waals surface area contributed by atoms with Crippen molar-refractivity contribution in [3.8, 4) is 0 Å². The smallest absolute Gasteiger partial charge is 0.187 e. The molecule has 10 rings (SSSR count). The molecule has 0 aromatic heterocycles. The third-order valence-electron chi connectivity index (χ3n) is 20.8. The van der Waals surface area contributed by atoms with E-state index in [1.54, 1.807) is 0 Å². The van der Waals surface area contributed by atoms with Crippen molar-refractivity contribution in [3.05, 3.63) is 0 Å². The lowest BCUT2D eigenvalue weighted by molar-refractivity contribution is -0.415. The number of hydrogen-bond donors (Lipinski definition) is 30. The van der Waals surface area contributed by atoms with Gasteiger partial charge in [-0.1, -0.05) is 0 Å². The quantitative estimate of drug-likeness (QED) is 0.0382. The number of aliphatic hydroxyl groups excluding tert-OH is 30. The minimum atomic E-state index is -2.50. The second-order valence-corrected chi connectivity index (χ2v) is 28.0. The molecule has 30 N–H and O–H groups in total. The summed E-state index contributed by atoms with van der Waals surface area (Å²) in [6, 6.07) is 0. The van der Waals surface area contributed by atoms with E-state index in [4.69, 9.17) is 90.0 Å². The Morgan fingerprint density at radius 1 is 0.165 bits per heavy atom. The average molecular weight is 1610 g/mol. The van der Waals surface area contributed by atoms with Crippen molar-refractivity contribution in [2.75, 3.05) is 52.9 Å². The molecule has 0 aliphatic carbocycles.